The lowest BCUT2D eigenvalue weighted by molar-refractivity contribution is 0.0527. The van der Waals surface area contributed by atoms with Crippen LogP contribution in [0.1, 0.15) is 12.7 Å². The summed E-state index contributed by atoms with van der Waals surface area (Å²) in [5.74, 6) is -2.54. The molecule has 0 aliphatic carbocycles. The largest absolute Gasteiger partial charge is 0.465 e. The summed E-state index contributed by atoms with van der Waals surface area (Å²) in [7, 11) is 0. The van der Waals surface area contributed by atoms with Crippen molar-refractivity contribution in [3.63, 3.8) is 0 Å². The van der Waals surface area contributed by atoms with E-state index in [0.717, 1.165) is 0 Å². The van der Waals surface area contributed by atoms with Gasteiger partial charge in [-0.2, -0.15) is 0 Å². The molecule has 1 heterocycles. The van der Waals surface area contributed by atoms with E-state index in [2.05, 4.69) is 0 Å². The molecule has 0 amide bonds. The minimum absolute atomic E-state index is 0.0926. The number of nitrogens with two attached hydrogens (primary N) is 1. The van der Waals surface area contributed by atoms with E-state index in [1.165, 1.54) is 19.3 Å². The molecule has 13 heavy (non-hydrogen) atoms. The van der Waals surface area contributed by atoms with Gasteiger partial charge in [-0.25, -0.2) is 8.78 Å². The van der Waals surface area contributed by atoms with Crippen LogP contribution < -0.4 is 5.73 Å². The van der Waals surface area contributed by atoms with Crippen LogP contribution in [0.2, 0.25) is 0 Å². The summed E-state index contributed by atoms with van der Waals surface area (Å²) < 4.78 is 30.7. The van der Waals surface area contributed by atoms with E-state index >= 15 is 0 Å². The van der Waals surface area contributed by atoms with Gasteiger partial charge in [0.15, 0.2) is 0 Å². The van der Waals surface area contributed by atoms with E-state index in [1.54, 1.807) is 12.1 Å². The second-order valence-corrected chi connectivity index (χ2v) is 2.75. The molecule has 0 fully saturated rings. The van der Waals surface area contributed by atoms with Crippen molar-refractivity contribution >= 4 is 6.08 Å². The molecule has 0 atom stereocenters. The lowest BCUT2D eigenvalue weighted by Gasteiger charge is -2.13. The number of hydrogen-bond acceptors (Lipinski definition) is 2. The summed E-state index contributed by atoms with van der Waals surface area (Å²) in [4.78, 5) is 0. The fraction of sp³-hybridized carbons (Fsp3) is 0.333. The first-order valence-electron chi connectivity index (χ1n) is 3.86. The van der Waals surface area contributed by atoms with Crippen LogP contribution in [0, 0.1) is 0 Å². The fourth-order valence-electron chi connectivity index (χ4n) is 0.853. The zero-order valence-corrected chi connectivity index (χ0v) is 7.26. The highest BCUT2D eigenvalue weighted by Gasteiger charge is 2.29. The fourth-order valence-corrected chi connectivity index (χ4v) is 0.853. The second-order valence-electron chi connectivity index (χ2n) is 2.75. The standard InChI is InChI=1S/C9H11F2NO/c1-7(9(10,11)6-12)5-8-3-2-4-13-8/h2-5H,6,12H2,1H3/b7-5+. The van der Waals surface area contributed by atoms with Crippen LogP contribution >= 0.6 is 0 Å². The summed E-state index contributed by atoms with van der Waals surface area (Å²) in [5.41, 5.74) is 4.82. The quantitative estimate of drug-likeness (QED) is 0.788. The van der Waals surface area contributed by atoms with E-state index in [0.29, 0.717) is 5.76 Å². The van der Waals surface area contributed by atoms with Gasteiger partial charge < -0.3 is 10.2 Å². The first-order valence-corrected chi connectivity index (χ1v) is 3.86. The molecular formula is C9H11F2NO. The highest BCUT2D eigenvalue weighted by Crippen LogP contribution is 2.24. The molecule has 0 saturated carbocycles. The van der Waals surface area contributed by atoms with Gasteiger partial charge in [-0.15, -0.1) is 0 Å². The summed E-state index contributed by atoms with van der Waals surface area (Å²) in [6.45, 7) is 0.644. The van der Waals surface area contributed by atoms with Crippen LogP contribution in [0.25, 0.3) is 6.08 Å². The second kappa shape index (κ2) is 3.70. The Kier molecular flexibility index (Phi) is 2.83. The molecule has 0 aliphatic heterocycles. The Bertz CT molecular complexity index is 291. The number of rotatable bonds is 3. The minimum Gasteiger partial charge on any atom is -0.465 e. The number of furan rings is 1. The van der Waals surface area contributed by atoms with Crippen LogP contribution in [0.3, 0.4) is 0 Å². The normalized spacial score (nSPS) is 13.4. The molecule has 0 bridgehead atoms. The maximum Gasteiger partial charge on any atom is 0.281 e. The van der Waals surface area contributed by atoms with E-state index < -0.39 is 12.5 Å². The maximum atomic E-state index is 12.9. The van der Waals surface area contributed by atoms with E-state index in [1.807, 2.05) is 0 Å². The smallest absolute Gasteiger partial charge is 0.281 e. The third kappa shape index (κ3) is 2.39. The van der Waals surface area contributed by atoms with Crippen molar-refractivity contribution in [1.29, 1.82) is 0 Å². The SMILES string of the molecule is C/C(=C\c1ccco1)C(F)(F)CN. The van der Waals surface area contributed by atoms with Crippen LogP contribution in [-0.2, 0) is 0 Å². The molecule has 2 nitrogen and oxygen atoms in total. The summed E-state index contributed by atoms with van der Waals surface area (Å²) in [6, 6.07) is 3.25. The van der Waals surface area contributed by atoms with E-state index in [9.17, 15) is 8.78 Å². The summed E-state index contributed by atoms with van der Waals surface area (Å²) >= 11 is 0. The van der Waals surface area contributed by atoms with Crippen molar-refractivity contribution in [2.75, 3.05) is 6.54 Å². The predicted octanol–water partition coefficient (Wildman–Crippen LogP) is 2.28. The monoisotopic (exact) mass is 187 g/mol. The molecule has 0 radical (unpaired) electrons. The molecular weight excluding hydrogens is 176 g/mol. The van der Waals surface area contributed by atoms with E-state index in [-0.39, 0.29) is 5.57 Å². The highest BCUT2D eigenvalue weighted by atomic mass is 19.3. The topological polar surface area (TPSA) is 39.2 Å². The molecule has 4 heteroatoms. The van der Waals surface area contributed by atoms with Gasteiger partial charge in [0.2, 0.25) is 0 Å². The van der Waals surface area contributed by atoms with Crippen LogP contribution in [-0.4, -0.2) is 12.5 Å². The van der Waals surface area contributed by atoms with Gasteiger partial charge in [0.05, 0.1) is 12.8 Å². The molecule has 0 aromatic carbocycles. The molecule has 1 aromatic heterocycles. The Labute approximate surface area is 75.0 Å². The van der Waals surface area contributed by atoms with Gasteiger partial charge in [-0.05, 0) is 25.1 Å². The highest BCUT2D eigenvalue weighted by molar-refractivity contribution is 5.48. The van der Waals surface area contributed by atoms with Gasteiger partial charge in [-0.1, -0.05) is 0 Å². The van der Waals surface area contributed by atoms with Crippen LogP contribution in [0.4, 0.5) is 8.78 Å². The van der Waals surface area contributed by atoms with E-state index in [4.69, 9.17) is 10.2 Å². The first-order chi connectivity index (χ1) is 6.06. The molecule has 1 aromatic rings. The van der Waals surface area contributed by atoms with Crippen molar-refractivity contribution in [1.82, 2.24) is 0 Å². The van der Waals surface area contributed by atoms with Gasteiger partial charge in [0.25, 0.3) is 5.92 Å². The molecule has 2 N–H and O–H groups in total. The predicted molar refractivity (Wildman–Crippen MR) is 46.4 cm³/mol. The molecule has 1 rings (SSSR count). The van der Waals surface area contributed by atoms with Crippen molar-refractivity contribution in [3.05, 3.63) is 29.7 Å². The van der Waals surface area contributed by atoms with Gasteiger partial charge in [0, 0.05) is 5.57 Å². The summed E-state index contributed by atoms with van der Waals surface area (Å²) in [6.07, 6.45) is 2.71. The molecule has 0 unspecified atom stereocenters. The lowest BCUT2D eigenvalue weighted by Crippen LogP contribution is -2.28. The molecule has 0 saturated heterocycles. The van der Waals surface area contributed by atoms with Gasteiger partial charge in [-0.3, -0.25) is 0 Å². The number of alkyl halides is 2. The zero-order chi connectivity index (χ0) is 9.90. The molecule has 0 aliphatic rings. The molecule has 72 valence electrons. The summed E-state index contributed by atoms with van der Waals surface area (Å²) in [5, 5.41) is 0. The average molecular weight is 187 g/mol. The van der Waals surface area contributed by atoms with Crippen molar-refractivity contribution < 1.29 is 13.2 Å². The third-order valence-corrected chi connectivity index (χ3v) is 1.74. The lowest BCUT2D eigenvalue weighted by atomic mass is 10.1. The Morgan fingerprint density at radius 1 is 1.69 bits per heavy atom. The van der Waals surface area contributed by atoms with Crippen molar-refractivity contribution in [2.45, 2.75) is 12.8 Å². The van der Waals surface area contributed by atoms with Gasteiger partial charge >= 0.3 is 0 Å². The van der Waals surface area contributed by atoms with Crippen LogP contribution in [0.15, 0.2) is 28.4 Å². The third-order valence-electron chi connectivity index (χ3n) is 1.74. The minimum atomic E-state index is -2.95. The Morgan fingerprint density at radius 2 is 2.38 bits per heavy atom. The Morgan fingerprint density at radius 3 is 2.85 bits per heavy atom. The van der Waals surface area contributed by atoms with Gasteiger partial charge in [0.1, 0.15) is 5.76 Å². The Hall–Kier alpha value is -1.16. The van der Waals surface area contributed by atoms with Crippen molar-refractivity contribution in [3.8, 4) is 0 Å². The number of hydrogen-bond donors (Lipinski definition) is 1. The average Bonchev–Trinajstić information content (AvgIpc) is 2.57. The zero-order valence-electron chi connectivity index (χ0n) is 7.26. The maximum absolute atomic E-state index is 12.9. The molecule has 0 spiro atoms. The Balaban J connectivity index is 2.84. The number of halogens is 2. The van der Waals surface area contributed by atoms with Crippen molar-refractivity contribution in [2.24, 2.45) is 5.73 Å². The first kappa shape index (κ1) is 9.92. The van der Waals surface area contributed by atoms with Crippen LogP contribution in [0.5, 0.6) is 0 Å².